The van der Waals surface area contributed by atoms with Gasteiger partial charge in [-0.05, 0) is 292 Å². The first-order chi connectivity index (χ1) is 70.0. The van der Waals surface area contributed by atoms with E-state index in [-0.39, 0.29) is 0 Å². The van der Waals surface area contributed by atoms with Crippen molar-refractivity contribution in [2.75, 3.05) is 19.6 Å². The van der Waals surface area contributed by atoms with E-state index < -0.39 is 0 Å². The van der Waals surface area contributed by atoms with Crippen molar-refractivity contribution in [1.29, 1.82) is 0 Å². The van der Waals surface area contributed by atoms with Crippen LogP contribution in [0, 0.1) is 0 Å². The Kier molecular flexibility index (Phi) is 25.8. The highest BCUT2D eigenvalue weighted by atomic mass is 35.5. The first kappa shape index (κ1) is 90.2. The van der Waals surface area contributed by atoms with Gasteiger partial charge in [0.1, 0.15) is 0 Å². The molecule has 26 rings (SSSR count). The highest BCUT2D eigenvalue weighted by molar-refractivity contribution is 7.27. The van der Waals surface area contributed by atoms with Crippen molar-refractivity contribution in [2.45, 2.75) is 0 Å². The topological polar surface area (TPSA) is 13.0 Å². The van der Waals surface area contributed by atoms with Gasteiger partial charge in [-0.2, -0.15) is 0 Å². The summed E-state index contributed by atoms with van der Waals surface area (Å²) in [5.41, 5.74) is 25.4. The van der Waals surface area contributed by atoms with E-state index in [1.165, 1.54) is 119 Å². The number of fused-ring (bicyclic) bond motifs is 13. The van der Waals surface area contributed by atoms with Gasteiger partial charge in [0.15, 0.2) is 0 Å². The Morgan fingerprint density at radius 3 is 0.852 bits per heavy atom. The third-order valence-corrected chi connectivity index (χ3v) is 31.4. The maximum atomic E-state index is 6.58. The van der Waals surface area contributed by atoms with Gasteiger partial charge in [0.05, 0.1) is 5.69 Å². The second-order valence-corrected chi connectivity index (χ2v) is 40.8. The molecule has 678 valence electrons. The van der Waals surface area contributed by atoms with Gasteiger partial charge in [0, 0.05) is 174 Å². The Labute approximate surface area is 860 Å². The number of halogens is 4. The van der Waals surface area contributed by atoms with Gasteiger partial charge in [0.2, 0.25) is 0 Å². The van der Waals surface area contributed by atoms with Crippen LogP contribution in [-0.4, -0.2) is 0 Å². The van der Waals surface area contributed by atoms with Crippen molar-refractivity contribution in [1.82, 2.24) is 0 Å². The molecule has 0 bridgehead atoms. The number of para-hydroxylation sites is 8. The van der Waals surface area contributed by atoms with Crippen LogP contribution in [0.15, 0.2) is 522 Å². The number of benzene rings is 22. The Balaban J connectivity index is 0.000000105. The van der Waals surface area contributed by atoms with Crippen LogP contribution >= 0.6 is 91.8 Å². The van der Waals surface area contributed by atoms with Crippen LogP contribution in [0.3, 0.4) is 0 Å². The lowest BCUT2D eigenvalue weighted by molar-refractivity contribution is 1.29. The molecule has 26 aromatic rings. The predicted molar refractivity (Wildman–Crippen MR) is 621 cm³/mol. The SMILES string of the molecule is Clc1cc(-c2ccccc2)cc(-c2ccc3c(c2)sc2ccc(N(c4ccccc4)c4ccccc4)cc23)c1.Clc1ccc(-c2ccc3c(c2)sc2ccc(N(c4ccccc4)c4ccccc4)cc23)cc1.Clc1ccc2c(c1)sc1ccc(-c3ccc(N(c4ccccc4)c4ccccc4)c4ccccc34)cc12.Clc1ccccc1-c1ccc2c(c1)sc1ccc(N(c3ccccc3)c3ccccc3)cc12. The van der Waals surface area contributed by atoms with Crippen molar-refractivity contribution in [3.63, 3.8) is 0 Å². The summed E-state index contributed by atoms with van der Waals surface area (Å²) in [5, 5.41) is 15.7. The lowest BCUT2D eigenvalue weighted by Crippen LogP contribution is -2.10. The van der Waals surface area contributed by atoms with E-state index in [0.717, 1.165) is 116 Å². The van der Waals surface area contributed by atoms with Gasteiger partial charge in [0.25, 0.3) is 0 Å². The summed E-state index contributed by atoms with van der Waals surface area (Å²) < 4.78 is 10.2. The van der Waals surface area contributed by atoms with Crippen molar-refractivity contribution in [2.24, 2.45) is 0 Å². The third kappa shape index (κ3) is 18.8. The molecule has 0 spiro atoms. The molecule has 0 fully saturated rings. The lowest BCUT2D eigenvalue weighted by Gasteiger charge is -2.27. The molecule has 0 N–H and O–H groups in total. The number of anilines is 12. The van der Waals surface area contributed by atoms with Crippen molar-refractivity contribution >= 4 is 251 Å². The van der Waals surface area contributed by atoms with E-state index in [1.54, 1.807) is 11.3 Å². The molecule has 0 saturated heterocycles. The molecule has 0 aliphatic carbocycles. The second-order valence-electron chi connectivity index (χ2n) is 34.7. The second kappa shape index (κ2) is 40.6. The normalized spacial score (nSPS) is 11.2. The quantitative estimate of drug-likeness (QED) is 0.0901. The van der Waals surface area contributed by atoms with Gasteiger partial charge in [-0.3, -0.25) is 0 Å². The molecule has 0 saturated carbocycles. The Morgan fingerprint density at radius 1 is 0.134 bits per heavy atom. The summed E-state index contributed by atoms with van der Waals surface area (Å²) in [5.74, 6) is 0. The molecule has 0 unspecified atom stereocenters. The van der Waals surface area contributed by atoms with Gasteiger partial charge in [-0.15, -0.1) is 45.3 Å². The van der Waals surface area contributed by atoms with Gasteiger partial charge >= 0.3 is 0 Å². The zero-order valence-corrected chi connectivity index (χ0v) is 82.9. The molecule has 0 atom stereocenters. The van der Waals surface area contributed by atoms with E-state index in [1.807, 2.05) is 82.5 Å². The third-order valence-electron chi connectivity index (χ3n) is 25.8. The average Bonchev–Trinajstić information content (AvgIpc) is 1.20. The first-order valence-electron chi connectivity index (χ1n) is 47.0. The molecule has 12 heteroatoms. The van der Waals surface area contributed by atoms with E-state index in [4.69, 9.17) is 46.4 Å². The molecule has 0 radical (unpaired) electrons. The molecule has 4 heterocycles. The summed E-state index contributed by atoms with van der Waals surface area (Å²) in [4.78, 5) is 9.27. The van der Waals surface area contributed by atoms with Crippen molar-refractivity contribution < 1.29 is 0 Å². The van der Waals surface area contributed by atoms with Gasteiger partial charge < -0.3 is 19.6 Å². The molecule has 0 aliphatic heterocycles. The highest BCUT2D eigenvalue weighted by Gasteiger charge is 2.23. The van der Waals surface area contributed by atoms with Crippen molar-refractivity contribution in [3.05, 3.63) is 542 Å². The number of hydrogen-bond donors (Lipinski definition) is 0. The number of hydrogen-bond acceptors (Lipinski definition) is 8. The van der Waals surface area contributed by atoms with Gasteiger partial charge in [-0.25, -0.2) is 0 Å². The molecule has 4 aromatic heterocycles. The number of rotatable bonds is 17. The van der Waals surface area contributed by atoms with Gasteiger partial charge in [-0.1, -0.05) is 332 Å². The number of thiophene rings is 4. The lowest BCUT2D eigenvalue weighted by atomic mass is 9.95. The van der Waals surface area contributed by atoms with E-state index in [2.05, 4.69) is 493 Å². The van der Waals surface area contributed by atoms with Crippen LogP contribution in [0.1, 0.15) is 0 Å². The first-order valence-corrected chi connectivity index (χ1v) is 51.8. The zero-order valence-electron chi connectivity index (χ0n) is 76.6. The Hall–Kier alpha value is -15.7. The molecule has 0 amide bonds. The fraction of sp³-hybridized carbons (Fsp3) is 0. The molecule has 0 aliphatic rings. The van der Waals surface area contributed by atoms with Crippen LogP contribution < -0.4 is 19.6 Å². The summed E-state index contributed by atoms with van der Waals surface area (Å²) in [6, 6.07) is 184. The minimum atomic E-state index is 0.745. The highest BCUT2D eigenvalue weighted by Crippen LogP contribution is 2.50. The average molecular weight is 1970 g/mol. The summed E-state index contributed by atoms with van der Waals surface area (Å²) in [6.07, 6.45) is 0. The summed E-state index contributed by atoms with van der Waals surface area (Å²) in [6.45, 7) is 0. The molecular weight excluding hydrogens is 1890 g/mol. The van der Waals surface area contributed by atoms with Crippen LogP contribution in [-0.2, 0) is 0 Å². The number of nitrogens with zero attached hydrogens (tertiary/aromatic N) is 4. The minimum absolute atomic E-state index is 0.745. The van der Waals surface area contributed by atoms with Crippen LogP contribution in [0.2, 0.25) is 20.1 Å². The molecular formula is C130H86Cl4N4S4. The van der Waals surface area contributed by atoms with Crippen LogP contribution in [0.25, 0.3) is 147 Å². The molecule has 22 aromatic carbocycles. The molecule has 142 heavy (non-hydrogen) atoms. The van der Waals surface area contributed by atoms with E-state index >= 15 is 0 Å². The van der Waals surface area contributed by atoms with E-state index in [9.17, 15) is 0 Å². The summed E-state index contributed by atoms with van der Waals surface area (Å²) >= 11 is 32.7. The Morgan fingerprint density at radius 2 is 0.430 bits per heavy atom. The minimum Gasteiger partial charge on any atom is -0.310 e. The summed E-state index contributed by atoms with van der Waals surface area (Å²) in [7, 11) is 0. The van der Waals surface area contributed by atoms with Crippen LogP contribution in [0.4, 0.5) is 68.2 Å². The fourth-order valence-electron chi connectivity index (χ4n) is 19.2. The fourth-order valence-corrected chi connectivity index (χ4v) is 24.5. The maximum Gasteiger partial charge on any atom is 0.0540 e. The van der Waals surface area contributed by atoms with E-state index in [0.29, 0.717) is 0 Å². The van der Waals surface area contributed by atoms with Crippen molar-refractivity contribution in [3.8, 4) is 55.6 Å². The molecule has 4 nitrogen and oxygen atoms in total. The maximum absolute atomic E-state index is 6.58. The Bertz CT molecular complexity index is 8870. The predicted octanol–water partition coefficient (Wildman–Crippen LogP) is 42.2. The van der Waals surface area contributed by atoms with Crippen LogP contribution in [0.5, 0.6) is 0 Å². The monoisotopic (exact) mass is 1970 g/mol. The smallest absolute Gasteiger partial charge is 0.0540 e. The largest absolute Gasteiger partial charge is 0.310 e. The standard InChI is InChI=1S/C36H24ClNS.C34H22ClNS.2C30H20ClNS/c37-29-21-27(25-10-4-1-5-11-25)20-28(22-29)26-16-18-33-34-24-32(17-19-35(34)39-36(33)23-26)38(30-12-6-2-7-13-30)31-14-8-3-9-15-31;35-24-16-17-30-31-21-23(15-20-33(31)37-34(30)22-24)27-18-19-32(29-14-8-7-13-28(27)29)36(25-9-3-1-4-10-25)26-11-5-2-6-12-26;31-28-14-8-7-13-25(28)21-15-17-26-27-20-24(16-18-29(27)33-30(26)19-21)32(22-9-3-1-4-10-22)23-11-5-2-6-12-23;31-23-14-11-21(12-15-23)22-13-17-27-28-20-26(16-18-29(28)33-30(27)19-22)32(24-7-3-1-4-8-24)25-9-5-2-6-10-25/h1-24H;1-22H;2*1-20H. The zero-order chi connectivity index (χ0) is 95.4.